The molecular formula is C17H28N4O. The van der Waals surface area contributed by atoms with Gasteiger partial charge < -0.3 is 20.0 Å². The molecule has 0 bridgehead atoms. The van der Waals surface area contributed by atoms with Gasteiger partial charge in [0.25, 0.3) is 0 Å². The molecular weight excluding hydrogens is 276 g/mol. The van der Waals surface area contributed by atoms with Crippen molar-refractivity contribution >= 4 is 11.7 Å². The third kappa shape index (κ3) is 5.31. The Morgan fingerprint density at radius 1 is 1.14 bits per heavy atom. The lowest BCUT2D eigenvalue weighted by molar-refractivity contribution is 0.202. The SMILES string of the molecule is CN(C)CCN(C(=O)Nc1cccc(CN(C)C)c1)C1CC1. The van der Waals surface area contributed by atoms with E-state index in [1.54, 1.807) is 0 Å². The van der Waals surface area contributed by atoms with Gasteiger partial charge in [0.2, 0.25) is 0 Å². The number of hydrogen-bond acceptors (Lipinski definition) is 3. The van der Waals surface area contributed by atoms with Crippen molar-refractivity contribution in [1.82, 2.24) is 14.7 Å². The minimum absolute atomic E-state index is 0.0198. The normalized spacial score (nSPS) is 14.5. The van der Waals surface area contributed by atoms with Gasteiger partial charge in [-0.1, -0.05) is 12.1 Å². The van der Waals surface area contributed by atoms with Gasteiger partial charge in [-0.15, -0.1) is 0 Å². The van der Waals surface area contributed by atoms with E-state index in [-0.39, 0.29) is 6.03 Å². The maximum Gasteiger partial charge on any atom is 0.322 e. The molecule has 0 aliphatic heterocycles. The van der Waals surface area contributed by atoms with Crippen LogP contribution in [-0.2, 0) is 6.54 Å². The smallest absolute Gasteiger partial charge is 0.320 e. The second-order valence-corrected chi connectivity index (χ2v) is 6.60. The maximum atomic E-state index is 12.5. The van der Waals surface area contributed by atoms with Gasteiger partial charge in [0.05, 0.1) is 0 Å². The number of amides is 2. The molecule has 1 aliphatic rings. The summed E-state index contributed by atoms with van der Waals surface area (Å²) in [5.41, 5.74) is 2.08. The summed E-state index contributed by atoms with van der Waals surface area (Å²) < 4.78 is 0. The Kier molecular flexibility index (Phi) is 5.80. The number of anilines is 1. The Balaban J connectivity index is 1.97. The van der Waals surface area contributed by atoms with E-state index in [1.165, 1.54) is 5.56 Å². The van der Waals surface area contributed by atoms with Crippen molar-refractivity contribution in [3.63, 3.8) is 0 Å². The van der Waals surface area contributed by atoms with Crippen LogP contribution in [0, 0.1) is 0 Å². The highest BCUT2D eigenvalue weighted by Gasteiger charge is 2.32. The van der Waals surface area contributed by atoms with Gasteiger partial charge in [-0.25, -0.2) is 4.79 Å². The molecule has 22 heavy (non-hydrogen) atoms. The number of hydrogen-bond donors (Lipinski definition) is 1. The number of urea groups is 1. The van der Waals surface area contributed by atoms with Crippen LogP contribution < -0.4 is 5.32 Å². The lowest BCUT2D eigenvalue weighted by atomic mass is 10.2. The van der Waals surface area contributed by atoms with E-state index in [1.807, 2.05) is 45.2 Å². The molecule has 5 nitrogen and oxygen atoms in total. The van der Waals surface area contributed by atoms with Gasteiger partial charge >= 0.3 is 6.03 Å². The van der Waals surface area contributed by atoms with Crippen molar-refractivity contribution in [2.45, 2.75) is 25.4 Å². The monoisotopic (exact) mass is 304 g/mol. The third-order valence-corrected chi connectivity index (χ3v) is 3.71. The number of likely N-dealkylation sites (N-methyl/N-ethyl adjacent to an activating group) is 1. The number of nitrogens with one attached hydrogen (secondary N) is 1. The summed E-state index contributed by atoms with van der Waals surface area (Å²) in [6.45, 7) is 2.54. The number of carbonyl (C=O) groups excluding carboxylic acids is 1. The standard InChI is InChI=1S/C17H28N4O/c1-19(2)10-11-21(16-8-9-16)17(22)18-15-7-5-6-14(12-15)13-20(3)4/h5-7,12,16H,8-11,13H2,1-4H3,(H,18,22). The molecule has 1 aromatic rings. The van der Waals surface area contributed by atoms with E-state index < -0.39 is 0 Å². The largest absolute Gasteiger partial charge is 0.322 e. The van der Waals surface area contributed by atoms with Gasteiger partial charge in [-0.05, 0) is 58.7 Å². The Hall–Kier alpha value is -1.59. The molecule has 0 spiro atoms. The van der Waals surface area contributed by atoms with E-state index in [9.17, 15) is 4.79 Å². The lowest BCUT2D eigenvalue weighted by Gasteiger charge is -2.24. The highest BCUT2D eigenvalue weighted by molar-refractivity contribution is 5.89. The van der Waals surface area contributed by atoms with Gasteiger partial charge in [-0.2, -0.15) is 0 Å². The molecule has 1 aliphatic carbocycles. The van der Waals surface area contributed by atoms with Crippen LogP contribution in [0.5, 0.6) is 0 Å². The lowest BCUT2D eigenvalue weighted by Crippen LogP contribution is -2.40. The van der Waals surface area contributed by atoms with Crippen LogP contribution in [0.4, 0.5) is 10.5 Å². The summed E-state index contributed by atoms with van der Waals surface area (Å²) >= 11 is 0. The molecule has 1 fully saturated rings. The molecule has 2 amide bonds. The average molecular weight is 304 g/mol. The Morgan fingerprint density at radius 3 is 2.45 bits per heavy atom. The number of benzene rings is 1. The topological polar surface area (TPSA) is 38.8 Å². The molecule has 0 radical (unpaired) electrons. The molecule has 0 atom stereocenters. The molecule has 0 unspecified atom stereocenters. The summed E-state index contributed by atoms with van der Waals surface area (Å²) in [7, 11) is 8.16. The van der Waals surface area contributed by atoms with E-state index >= 15 is 0 Å². The van der Waals surface area contributed by atoms with Gasteiger partial charge in [0.1, 0.15) is 0 Å². The zero-order valence-corrected chi connectivity index (χ0v) is 14.2. The number of carbonyl (C=O) groups is 1. The van der Waals surface area contributed by atoms with Crippen LogP contribution in [0.3, 0.4) is 0 Å². The predicted octanol–water partition coefficient (Wildman–Crippen LogP) is 2.31. The molecule has 2 rings (SSSR count). The Morgan fingerprint density at radius 2 is 1.86 bits per heavy atom. The van der Waals surface area contributed by atoms with Crippen LogP contribution >= 0.6 is 0 Å². The second-order valence-electron chi connectivity index (χ2n) is 6.60. The van der Waals surface area contributed by atoms with Crippen LogP contribution in [0.1, 0.15) is 18.4 Å². The van der Waals surface area contributed by atoms with E-state index in [0.29, 0.717) is 6.04 Å². The predicted molar refractivity (Wildman–Crippen MR) is 91.1 cm³/mol. The van der Waals surface area contributed by atoms with Crippen molar-refractivity contribution in [2.75, 3.05) is 46.6 Å². The summed E-state index contributed by atoms with van der Waals surface area (Å²) in [6, 6.07) is 8.52. The van der Waals surface area contributed by atoms with Crippen LogP contribution in [0.2, 0.25) is 0 Å². The van der Waals surface area contributed by atoms with Crippen molar-refractivity contribution in [1.29, 1.82) is 0 Å². The highest BCUT2D eigenvalue weighted by Crippen LogP contribution is 2.27. The molecule has 0 heterocycles. The highest BCUT2D eigenvalue weighted by atomic mass is 16.2. The second kappa shape index (κ2) is 7.61. The zero-order valence-electron chi connectivity index (χ0n) is 14.2. The van der Waals surface area contributed by atoms with Crippen molar-refractivity contribution in [2.24, 2.45) is 0 Å². The Bertz CT molecular complexity index is 497. The van der Waals surface area contributed by atoms with E-state index in [2.05, 4.69) is 27.2 Å². The number of nitrogens with zero attached hydrogens (tertiary/aromatic N) is 3. The molecule has 1 saturated carbocycles. The summed E-state index contributed by atoms with van der Waals surface area (Å²) in [4.78, 5) is 18.7. The summed E-state index contributed by atoms with van der Waals surface area (Å²) in [6.07, 6.45) is 2.25. The first-order chi connectivity index (χ1) is 10.5. The van der Waals surface area contributed by atoms with Gasteiger partial charge in [0.15, 0.2) is 0 Å². The fourth-order valence-electron chi connectivity index (χ4n) is 2.45. The minimum Gasteiger partial charge on any atom is -0.320 e. The van der Waals surface area contributed by atoms with Gasteiger partial charge in [-0.3, -0.25) is 0 Å². The van der Waals surface area contributed by atoms with E-state index in [4.69, 9.17) is 0 Å². The van der Waals surface area contributed by atoms with Crippen molar-refractivity contribution in [3.05, 3.63) is 29.8 Å². The molecule has 1 aromatic carbocycles. The molecule has 1 N–H and O–H groups in total. The van der Waals surface area contributed by atoms with Crippen molar-refractivity contribution in [3.8, 4) is 0 Å². The minimum atomic E-state index is 0.0198. The third-order valence-electron chi connectivity index (χ3n) is 3.71. The maximum absolute atomic E-state index is 12.5. The summed E-state index contributed by atoms with van der Waals surface area (Å²) in [5.74, 6) is 0. The first kappa shape index (κ1) is 16.8. The molecule has 0 aromatic heterocycles. The van der Waals surface area contributed by atoms with Gasteiger partial charge in [0, 0.05) is 31.4 Å². The number of rotatable bonds is 7. The fourth-order valence-corrected chi connectivity index (χ4v) is 2.45. The zero-order chi connectivity index (χ0) is 16.1. The first-order valence-corrected chi connectivity index (χ1v) is 7.91. The van der Waals surface area contributed by atoms with Crippen LogP contribution in [-0.4, -0.2) is 68.1 Å². The Labute approximate surface area is 133 Å². The summed E-state index contributed by atoms with van der Waals surface area (Å²) in [5, 5.41) is 3.05. The van der Waals surface area contributed by atoms with E-state index in [0.717, 1.165) is 38.2 Å². The quantitative estimate of drug-likeness (QED) is 0.840. The average Bonchev–Trinajstić information content (AvgIpc) is 3.22. The van der Waals surface area contributed by atoms with Crippen LogP contribution in [0.25, 0.3) is 0 Å². The van der Waals surface area contributed by atoms with Crippen molar-refractivity contribution < 1.29 is 4.79 Å². The van der Waals surface area contributed by atoms with Crippen LogP contribution in [0.15, 0.2) is 24.3 Å². The molecule has 122 valence electrons. The fraction of sp³-hybridized carbons (Fsp3) is 0.588. The first-order valence-electron chi connectivity index (χ1n) is 7.91. The molecule has 5 heteroatoms. The molecule has 0 saturated heterocycles.